The van der Waals surface area contributed by atoms with E-state index in [1.54, 1.807) is 31.2 Å². The molecule has 0 aliphatic carbocycles. The summed E-state index contributed by atoms with van der Waals surface area (Å²) in [6.07, 6.45) is -1.11. The number of carbonyl (C=O) groups is 2. The van der Waals surface area contributed by atoms with Gasteiger partial charge in [0.15, 0.2) is 6.10 Å². The number of para-hydroxylation sites is 1. The van der Waals surface area contributed by atoms with Crippen LogP contribution in [0.5, 0.6) is 5.75 Å². The minimum Gasteiger partial charge on any atom is -0.481 e. The Morgan fingerprint density at radius 1 is 1.12 bits per heavy atom. The predicted octanol–water partition coefficient (Wildman–Crippen LogP) is 2.93. The monoisotopic (exact) mass is 331 g/mol. The highest BCUT2D eigenvalue weighted by molar-refractivity contribution is 5.82. The van der Waals surface area contributed by atoms with Crippen LogP contribution < -0.4 is 10.1 Å². The Bertz CT molecular complexity index is 688. The Hall–Kier alpha value is -2.89. The molecule has 2 rings (SSSR count). The number of halogens is 1. The average molecular weight is 331 g/mol. The molecule has 2 aromatic rings. The molecule has 2 aromatic carbocycles. The van der Waals surface area contributed by atoms with Crippen LogP contribution in [0, 0.1) is 5.82 Å². The fourth-order valence-corrected chi connectivity index (χ4v) is 2.17. The Kier molecular flexibility index (Phi) is 5.89. The number of rotatable bonds is 7. The van der Waals surface area contributed by atoms with Gasteiger partial charge in [0.2, 0.25) is 0 Å². The highest BCUT2D eigenvalue weighted by Crippen LogP contribution is 2.18. The van der Waals surface area contributed by atoms with E-state index in [9.17, 15) is 14.0 Å². The van der Waals surface area contributed by atoms with Gasteiger partial charge in [-0.3, -0.25) is 9.59 Å². The van der Waals surface area contributed by atoms with Gasteiger partial charge >= 0.3 is 5.97 Å². The fraction of sp³-hybridized carbons (Fsp3) is 0.222. The fourth-order valence-electron chi connectivity index (χ4n) is 2.17. The van der Waals surface area contributed by atoms with Crippen LogP contribution in [0.15, 0.2) is 54.6 Å². The van der Waals surface area contributed by atoms with Crippen molar-refractivity contribution >= 4 is 11.9 Å². The van der Waals surface area contributed by atoms with Crippen LogP contribution in [0.3, 0.4) is 0 Å². The van der Waals surface area contributed by atoms with Gasteiger partial charge in [-0.1, -0.05) is 30.3 Å². The van der Waals surface area contributed by atoms with E-state index >= 15 is 0 Å². The zero-order chi connectivity index (χ0) is 17.5. The van der Waals surface area contributed by atoms with Crippen molar-refractivity contribution in [3.63, 3.8) is 0 Å². The zero-order valence-corrected chi connectivity index (χ0v) is 13.1. The first-order valence-electron chi connectivity index (χ1n) is 7.45. The number of aliphatic carboxylic acids is 1. The molecule has 24 heavy (non-hydrogen) atoms. The maximum Gasteiger partial charge on any atom is 0.305 e. The topological polar surface area (TPSA) is 75.6 Å². The third kappa shape index (κ3) is 5.08. The molecule has 0 radical (unpaired) electrons. The van der Waals surface area contributed by atoms with Crippen LogP contribution >= 0.6 is 0 Å². The Morgan fingerprint density at radius 3 is 2.33 bits per heavy atom. The standard InChI is InChI=1S/C18H18FNO4/c1-12(24-15-5-3-2-4-6-15)18(23)20-16(11-17(21)22)13-7-9-14(19)10-8-13/h2-10,12,16H,11H2,1H3,(H,20,23)(H,21,22). The molecule has 2 unspecified atom stereocenters. The van der Waals surface area contributed by atoms with Gasteiger partial charge in [0.05, 0.1) is 12.5 Å². The lowest BCUT2D eigenvalue weighted by atomic mass is 10.0. The number of hydrogen-bond donors (Lipinski definition) is 2. The Morgan fingerprint density at radius 2 is 1.75 bits per heavy atom. The van der Waals surface area contributed by atoms with Crippen molar-refractivity contribution in [3.05, 3.63) is 66.0 Å². The number of amides is 1. The molecule has 0 aromatic heterocycles. The van der Waals surface area contributed by atoms with Crippen molar-refractivity contribution in [2.45, 2.75) is 25.5 Å². The van der Waals surface area contributed by atoms with Crippen molar-refractivity contribution in [1.82, 2.24) is 5.32 Å². The van der Waals surface area contributed by atoms with Crippen LogP contribution in [-0.2, 0) is 9.59 Å². The highest BCUT2D eigenvalue weighted by Gasteiger charge is 2.22. The molecule has 1 amide bonds. The van der Waals surface area contributed by atoms with Gasteiger partial charge in [-0.05, 0) is 36.8 Å². The van der Waals surface area contributed by atoms with Crippen molar-refractivity contribution in [2.24, 2.45) is 0 Å². The van der Waals surface area contributed by atoms with Crippen LogP contribution in [-0.4, -0.2) is 23.1 Å². The van der Waals surface area contributed by atoms with E-state index in [4.69, 9.17) is 9.84 Å². The maximum absolute atomic E-state index is 13.0. The normalized spacial score (nSPS) is 12.9. The van der Waals surface area contributed by atoms with E-state index in [1.165, 1.54) is 24.3 Å². The van der Waals surface area contributed by atoms with Crippen molar-refractivity contribution in [2.75, 3.05) is 0 Å². The second kappa shape index (κ2) is 8.10. The molecule has 126 valence electrons. The van der Waals surface area contributed by atoms with E-state index in [-0.39, 0.29) is 6.42 Å². The summed E-state index contributed by atoms with van der Waals surface area (Å²) < 4.78 is 18.5. The summed E-state index contributed by atoms with van der Waals surface area (Å²) in [6.45, 7) is 1.57. The van der Waals surface area contributed by atoms with Gasteiger partial charge < -0.3 is 15.2 Å². The molecule has 6 heteroatoms. The lowest BCUT2D eigenvalue weighted by Gasteiger charge is -2.21. The molecule has 0 saturated heterocycles. The molecule has 0 aliphatic rings. The molecule has 2 atom stereocenters. The predicted molar refractivity (Wildman–Crippen MR) is 86.1 cm³/mol. The zero-order valence-electron chi connectivity index (χ0n) is 13.1. The van der Waals surface area contributed by atoms with Crippen molar-refractivity contribution < 1.29 is 23.8 Å². The number of carboxylic acid groups (broad SMARTS) is 1. The molecule has 5 nitrogen and oxygen atoms in total. The third-order valence-electron chi connectivity index (χ3n) is 3.39. The summed E-state index contributed by atoms with van der Waals surface area (Å²) in [4.78, 5) is 23.3. The first-order valence-corrected chi connectivity index (χ1v) is 7.45. The van der Waals surface area contributed by atoms with Gasteiger partial charge in [-0.2, -0.15) is 0 Å². The van der Waals surface area contributed by atoms with Crippen LogP contribution in [0.25, 0.3) is 0 Å². The van der Waals surface area contributed by atoms with Gasteiger partial charge in [-0.15, -0.1) is 0 Å². The molecular formula is C18H18FNO4. The average Bonchev–Trinajstić information content (AvgIpc) is 2.55. The number of carboxylic acids is 1. The third-order valence-corrected chi connectivity index (χ3v) is 3.39. The summed E-state index contributed by atoms with van der Waals surface area (Å²) in [5, 5.41) is 11.7. The largest absolute Gasteiger partial charge is 0.481 e. The summed E-state index contributed by atoms with van der Waals surface area (Å²) in [5.74, 6) is -1.41. The van der Waals surface area contributed by atoms with Crippen molar-refractivity contribution in [3.8, 4) is 5.75 Å². The van der Waals surface area contributed by atoms with Crippen LogP contribution in [0.4, 0.5) is 4.39 Å². The summed E-state index contributed by atoms with van der Waals surface area (Å²) in [7, 11) is 0. The molecule has 0 spiro atoms. The van der Waals surface area contributed by atoms with Crippen LogP contribution in [0.2, 0.25) is 0 Å². The Balaban J connectivity index is 2.06. The van der Waals surface area contributed by atoms with E-state index in [1.807, 2.05) is 6.07 Å². The maximum atomic E-state index is 13.0. The minimum absolute atomic E-state index is 0.310. The lowest BCUT2D eigenvalue weighted by molar-refractivity contribution is -0.138. The number of ether oxygens (including phenoxy) is 1. The van der Waals surface area contributed by atoms with E-state index in [0.717, 1.165) is 0 Å². The SMILES string of the molecule is CC(Oc1ccccc1)C(=O)NC(CC(=O)O)c1ccc(F)cc1. The van der Waals surface area contributed by atoms with Gasteiger partial charge in [0, 0.05) is 0 Å². The minimum atomic E-state index is -1.07. The van der Waals surface area contributed by atoms with Crippen molar-refractivity contribution in [1.29, 1.82) is 0 Å². The summed E-state index contributed by atoms with van der Waals surface area (Å²) in [6, 6.07) is 13.4. The number of hydrogen-bond acceptors (Lipinski definition) is 3. The van der Waals surface area contributed by atoms with E-state index in [0.29, 0.717) is 11.3 Å². The lowest BCUT2D eigenvalue weighted by Crippen LogP contribution is -2.39. The van der Waals surface area contributed by atoms with Gasteiger partial charge in [-0.25, -0.2) is 4.39 Å². The van der Waals surface area contributed by atoms with E-state index in [2.05, 4.69) is 5.32 Å². The first-order chi connectivity index (χ1) is 11.5. The molecule has 0 saturated carbocycles. The van der Waals surface area contributed by atoms with Crippen LogP contribution in [0.1, 0.15) is 24.9 Å². The molecule has 0 aliphatic heterocycles. The second-order valence-corrected chi connectivity index (χ2v) is 5.28. The molecular weight excluding hydrogens is 313 g/mol. The van der Waals surface area contributed by atoms with Gasteiger partial charge in [0.25, 0.3) is 5.91 Å². The molecule has 2 N–H and O–H groups in total. The molecule has 0 heterocycles. The number of nitrogens with one attached hydrogen (secondary N) is 1. The molecule has 0 fully saturated rings. The Labute approximate surface area is 139 Å². The quantitative estimate of drug-likeness (QED) is 0.818. The van der Waals surface area contributed by atoms with Gasteiger partial charge in [0.1, 0.15) is 11.6 Å². The summed E-state index contributed by atoms with van der Waals surface area (Å²) in [5.41, 5.74) is 0.513. The number of benzene rings is 2. The van der Waals surface area contributed by atoms with E-state index < -0.39 is 29.8 Å². The molecule has 0 bridgehead atoms. The first kappa shape index (κ1) is 17.5. The highest BCUT2D eigenvalue weighted by atomic mass is 19.1. The summed E-state index contributed by atoms with van der Waals surface area (Å²) >= 11 is 0. The smallest absolute Gasteiger partial charge is 0.305 e. The number of carbonyl (C=O) groups excluding carboxylic acids is 1. The second-order valence-electron chi connectivity index (χ2n) is 5.28.